The molecule has 34 heavy (non-hydrogen) atoms. The highest BCUT2D eigenvalue weighted by Crippen LogP contribution is 2.25. The van der Waals surface area contributed by atoms with E-state index in [1.165, 1.54) is 19.3 Å². The number of piperidine rings is 2. The summed E-state index contributed by atoms with van der Waals surface area (Å²) in [7, 11) is 0. The van der Waals surface area contributed by atoms with Crippen LogP contribution in [0.15, 0.2) is 47.1 Å². The molecule has 0 aliphatic carbocycles. The molecule has 0 bridgehead atoms. The normalized spacial score (nSPS) is 22.2. The van der Waals surface area contributed by atoms with Crippen LogP contribution in [0.4, 0.5) is 0 Å². The standard InChI is InChI=1S/C27H37N3O4/c1-20-8-6-9-21(2)30(20)26(31)19-34-23-13-11-22(12-14-23)27(32)28-18-24(25-10-7-17-33-25)29-15-4-3-5-16-29/h7,10-14,17,20-21,24H,3-6,8-9,15-16,18-19H2,1-2H3,(H,28,32). The van der Waals surface area contributed by atoms with Gasteiger partial charge in [-0.3, -0.25) is 14.5 Å². The second-order valence-corrected chi connectivity index (χ2v) is 9.58. The largest absolute Gasteiger partial charge is 0.484 e. The first kappa shape index (κ1) is 24.3. The van der Waals surface area contributed by atoms with E-state index in [1.54, 1.807) is 30.5 Å². The molecule has 3 atom stereocenters. The van der Waals surface area contributed by atoms with E-state index >= 15 is 0 Å². The highest BCUT2D eigenvalue weighted by atomic mass is 16.5. The van der Waals surface area contributed by atoms with Gasteiger partial charge in [0, 0.05) is 24.2 Å². The zero-order valence-corrected chi connectivity index (χ0v) is 20.4. The van der Waals surface area contributed by atoms with E-state index in [1.807, 2.05) is 17.0 Å². The van der Waals surface area contributed by atoms with Crippen molar-refractivity contribution in [3.8, 4) is 5.75 Å². The maximum atomic E-state index is 12.8. The summed E-state index contributed by atoms with van der Waals surface area (Å²) in [6, 6.07) is 11.4. The first-order valence-corrected chi connectivity index (χ1v) is 12.6. The lowest BCUT2D eigenvalue weighted by atomic mass is 9.97. The van der Waals surface area contributed by atoms with Gasteiger partial charge in [0.2, 0.25) is 0 Å². The molecule has 7 nitrogen and oxygen atoms in total. The van der Waals surface area contributed by atoms with Crippen molar-refractivity contribution in [2.45, 2.75) is 70.5 Å². The zero-order valence-electron chi connectivity index (χ0n) is 20.4. The zero-order chi connectivity index (χ0) is 23.9. The van der Waals surface area contributed by atoms with Gasteiger partial charge in [-0.25, -0.2) is 0 Å². The van der Waals surface area contributed by atoms with Gasteiger partial charge in [0.05, 0.1) is 12.3 Å². The van der Waals surface area contributed by atoms with Crippen LogP contribution in [0.25, 0.3) is 0 Å². The smallest absolute Gasteiger partial charge is 0.260 e. The number of amides is 2. The number of likely N-dealkylation sites (tertiary alicyclic amines) is 2. The van der Waals surface area contributed by atoms with Gasteiger partial charge in [0.15, 0.2) is 6.61 Å². The average molecular weight is 468 g/mol. The Kier molecular flexibility index (Phi) is 8.27. The summed E-state index contributed by atoms with van der Waals surface area (Å²) in [4.78, 5) is 29.8. The van der Waals surface area contributed by atoms with E-state index in [0.29, 0.717) is 17.9 Å². The van der Waals surface area contributed by atoms with Gasteiger partial charge in [-0.05, 0) is 95.4 Å². The van der Waals surface area contributed by atoms with E-state index < -0.39 is 0 Å². The van der Waals surface area contributed by atoms with E-state index in [2.05, 4.69) is 24.1 Å². The molecule has 2 saturated heterocycles. The molecule has 4 rings (SSSR count). The Hall–Kier alpha value is -2.80. The summed E-state index contributed by atoms with van der Waals surface area (Å²) in [5, 5.41) is 3.06. The van der Waals surface area contributed by atoms with Crippen molar-refractivity contribution in [2.24, 2.45) is 0 Å². The number of furan rings is 1. The van der Waals surface area contributed by atoms with Crippen LogP contribution in [0.2, 0.25) is 0 Å². The third-order valence-corrected chi connectivity index (χ3v) is 7.12. The van der Waals surface area contributed by atoms with Crippen LogP contribution in [0.3, 0.4) is 0 Å². The number of hydrogen-bond donors (Lipinski definition) is 1. The van der Waals surface area contributed by atoms with Crippen molar-refractivity contribution in [2.75, 3.05) is 26.2 Å². The molecule has 1 aromatic heterocycles. The third kappa shape index (κ3) is 6.00. The molecule has 0 radical (unpaired) electrons. The van der Waals surface area contributed by atoms with Crippen molar-refractivity contribution < 1.29 is 18.7 Å². The molecule has 0 spiro atoms. The minimum absolute atomic E-state index is 0.0148. The predicted molar refractivity (Wildman–Crippen MR) is 131 cm³/mol. The van der Waals surface area contributed by atoms with Crippen LogP contribution in [0, 0.1) is 0 Å². The Morgan fingerprint density at radius 3 is 2.38 bits per heavy atom. The molecule has 2 aliphatic heterocycles. The average Bonchev–Trinajstić information content (AvgIpc) is 3.38. The molecule has 2 amide bonds. The second-order valence-electron chi connectivity index (χ2n) is 9.58. The van der Waals surface area contributed by atoms with Gasteiger partial charge in [0.25, 0.3) is 11.8 Å². The van der Waals surface area contributed by atoms with Crippen molar-refractivity contribution in [1.82, 2.24) is 15.1 Å². The molecule has 1 N–H and O–H groups in total. The van der Waals surface area contributed by atoms with Gasteiger partial charge < -0.3 is 19.4 Å². The number of ether oxygens (including phenoxy) is 1. The van der Waals surface area contributed by atoms with Crippen LogP contribution in [0.5, 0.6) is 5.75 Å². The summed E-state index contributed by atoms with van der Waals surface area (Å²) in [5.41, 5.74) is 0.564. The number of hydrogen-bond acceptors (Lipinski definition) is 5. The van der Waals surface area contributed by atoms with Crippen molar-refractivity contribution in [3.63, 3.8) is 0 Å². The van der Waals surface area contributed by atoms with Crippen LogP contribution in [-0.2, 0) is 4.79 Å². The van der Waals surface area contributed by atoms with Crippen LogP contribution < -0.4 is 10.1 Å². The summed E-state index contributed by atoms with van der Waals surface area (Å²) < 4.78 is 11.4. The molecule has 2 fully saturated rings. The summed E-state index contributed by atoms with van der Waals surface area (Å²) in [6.45, 7) is 6.74. The lowest BCUT2D eigenvalue weighted by molar-refractivity contribution is -0.139. The van der Waals surface area contributed by atoms with Crippen LogP contribution >= 0.6 is 0 Å². The number of rotatable bonds is 8. The number of benzene rings is 1. The monoisotopic (exact) mass is 467 g/mol. The molecule has 7 heteroatoms. The van der Waals surface area contributed by atoms with E-state index in [-0.39, 0.29) is 36.5 Å². The van der Waals surface area contributed by atoms with E-state index in [4.69, 9.17) is 9.15 Å². The fraction of sp³-hybridized carbons (Fsp3) is 0.556. The van der Waals surface area contributed by atoms with Crippen molar-refractivity contribution in [1.29, 1.82) is 0 Å². The number of nitrogens with zero attached hydrogens (tertiary/aromatic N) is 2. The minimum atomic E-state index is -0.132. The molecule has 3 unspecified atom stereocenters. The first-order valence-electron chi connectivity index (χ1n) is 12.6. The van der Waals surface area contributed by atoms with Gasteiger partial charge in [-0.2, -0.15) is 0 Å². The third-order valence-electron chi connectivity index (χ3n) is 7.12. The van der Waals surface area contributed by atoms with E-state index in [9.17, 15) is 9.59 Å². The molecule has 1 aromatic carbocycles. The highest BCUT2D eigenvalue weighted by Gasteiger charge is 2.29. The highest BCUT2D eigenvalue weighted by molar-refractivity contribution is 5.94. The fourth-order valence-corrected chi connectivity index (χ4v) is 5.25. The van der Waals surface area contributed by atoms with Gasteiger partial charge in [-0.1, -0.05) is 6.42 Å². The number of carbonyl (C=O) groups excluding carboxylic acids is 2. The Labute approximate surface area is 202 Å². The number of carbonyl (C=O) groups is 2. The van der Waals surface area contributed by atoms with Gasteiger partial charge >= 0.3 is 0 Å². The Balaban J connectivity index is 1.29. The lowest BCUT2D eigenvalue weighted by Crippen LogP contribution is -2.49. The van der Waals surface area contributed by atoms with E-state index in [0.717, 1.165) is 38.1 Å². The molecular weight excluding hydrogens is 430 g/mol. The van der Waals surface area contributed by atoms with Crippen molar-refractivity contribution >= 4 is 11.8 Å². The lowest BCUT2D eigenvalue weighted by Gasteiger charge is -2.38. The van der Waals surface area contributed by atoms with Crippen molar-refractivity contribution in [3.05, 3.63) is 54.0 Å². The molecule has 184 valence electrons. The first-order chi connectivity index (χ1) is 16.5. The second kappa shape index (κ2) is 11.6. The topological polar surface area (TPSA) is 75.0 Å². The molecule has 0 saturated carbocycles. The van der Waals surface area contributed by atoms with Crippen LogP contribution in [-0.4, -0.2) is 59.9 Å². The van der Waals surface area contributed by atoms with Gasteiger partial charge in [0.1, 0.15) is 11.5 Å². The maximum Gasteiger partial charge on any atom is 0.260 e. The summed E-state index contributed by atoms with van der Waals surface area (Å²) in [5.74, 6) is 1.35. The maximum absolute atomic E-state index is 12.8. The molecule has 2 aromatic rings. The Morgan fingerprint density at radius 2 is 1.74 bits per heavy atom. The minimum Gasteiger partial charge on any atom is -0.484 e. The number of nitrogens with one attached hydrogen (secondary N) is 1. The Bertz CT molecular complexity index is 912. The summed E-state index contributed by atoms with van der Waals surface area (Å²) in [6.07, 6.45) is 8.52. The fourth-order valence-electron chi connectivity index (χ4n) is 5.25. The SMILES string of the molecule is CC1CCCC(C)N1C(=O)COc1ccc(C(=O)NCC(c2ccco2)N2CCCCC2)cc1. The molecule has 2 aliphatic rings. The predicted octanol–water partition coefficient (Wildman–Crippen LogP) is 4.40. The molecule has 3 heterocycles. The van der Waals surface area contributed by atoms with Crippen LogP contribution in [0.1, 0.15) is 74.5 Å². The Morgan fingerprint density at radius 1 is 1.03 bits per heavy atom. The molecular formula is C27H37N3O4. The van der Waals surface area contributed by atoms with Gasteiger partial charge in [-0.15, -0.1) is 0 Å². The summed E-state index contributed by atoms with van der Waals surface area (Å²) >= 11 is 0. The quantitative estimate of drug-likeness (QED) is 0.623.